The third-order valence-electron chi connectivity index (χ3n) is 4.69. The molecular weight excluding hydrogens is 438 g/mol. The fourth-order valence-electron chi connectivity index (χ4n) is 3.55. The van der Waals surface area contributed by atoms with Gasteiger partial charge in [0.1, 0.15) is 16.7 Å². The lowest BCUT2D eigenvalue weighted by atomic mass is 10.0. The maximum absolute atomic E-state index is 12.5. The molecule has 0 aliphatic carbocycles. The molecule has 2 aliphatic heterocycles. The summed E-state index contributed by atoms with van der Waals surface area (Å²) in [5.41, 5.74) is 0.667. The summed E-state index contributed by atoms with van der Waals surface area (Å²) in [5, 5.41) is 10.2. The van der Waals surface area contributed by atoms with Crippen LogP contribution in [0.3, 0.4) is 0 Å². The summed E-state index contributed by atoms with van der Waals surface area (Å²) in [6, 6.07) is 2.18. The number of thiophene rings is 1. The van der Waals surface area contributed by atoms with Crippen molar-refractivity contribution in [1.82, 2.24) is 4.90 Å². The van der Waals surface area contributed by atoms with E-state index in [0.29, 0.717) is 30.1 Å². The highest BCUT2D eigenvalue weighted by Gasteiger charge is 2.37. The summed E-state index contributed by atoms with van der Waals surface area (Å²) < 4.78 is 28.1. The van der Waals surface area contributed by atoms with Crippen molar-refractivity contribution in [2.24, 2.45) is 5.92 Å². The number of amides is 2. The van der Waals surface area contributed by atoms with E-state index in [1.54, 1.807) is 25.7 Å². The van der Waals surface area contributed by atoms with Gasteiger partial charge in [-0.05, 0) is 32.8 Å². The summed E-state index contributed by atoms with van der Waals surface area (Å²) in [6.45, 7) is 6.34. The fourth-order valence-corrected chi connectivity index (χ4v) is 6.21. The minimum Gasteiger partial charge on any atom is -0.444 e. The number of anilines is 1. The second kappa shape index (κ2) is 7.78. The van der Waals surface area contributed by atoms with Crippen molar-refractivity contribution in [3.05, 3.63) is 16.0 Å². The molecule has 0 radical (unpaired) electrons. The van der Waals surface area contributed by atoms with Crippen molar-refractivity contribution < 1.29 is 22.7 Å². The molecular formula is C18H22ClN3O5S2. The number of carbonyl (C=O) groups excluding carboxylic acids is 2. The molecule has 1 aromatic heterocycles. The lowest BCUT2D eigenvalue weighted by molar-refractivity contribution is -0.117. The first-order chi connectivity index (χ1) is 13.4. The third-order valence-corrected chi connectivity index (χ3v) is 7.17. The fraction of sp³-hybridized carbons (Fsp3) is 0.611. The van der Waals surface area contributed by atoms with Gasteiger partial charge < -0.3 is 14.5 Å². The van der Waals surface area contributed by atoms with Crippen molar-refractivity contribution in [2.45, 2.75) is 45.8 Å². The Bertz CT molecular complexity index is 990. The molecule has 11 heteroatoms. The smallest absolute Gasteiger partial charge is 0.410 e. The van der Waals surface area contributed by atoms with Crippen molar-refractivity contribution in [2.75, 3.05) is 23.7 Å². The Hall–Kier alpha value is -1.83. The molecule has 3 rings (SSSR count). The SMILES string of the molecule is CC(C)(C)OC(=O)N1CCc2c(sc(N3CC(CS(=O)(=O)Cl)CC3=O)c2C#N)C1. The standard InChI is InChI=1S/C18H22ClN3O5S2/c1-18(2,3)27-17(24)21-5-4-12-13(7-20)16(28-14(12)9-21)22-8-11(6-15(22)23)10-29(19,25)26/h11H,4-6,8-10H2,1-3H3. The first kappa shape index (κ1) is 21.9. The van der Waals surface area contributed by atoms with E-state index in [2.05, 4.69) is 6.07 Å². The van der Waals surface area contributed by atoms with E-state index in [0.717, 1.165) is 10.4 Å². The molecule has 29 heavy (non-hydrogen) atoms. The molecule has 1 saturated heterocycles. The number of nitriles is 1. The van der Waals surface area contributed by atoms with Gasteiger partial charge in [0.05, 0.1) is 17.9 Å². The van der Waals surface area contributed by atoms with Gasteiger partial charge in [-0.1, -0.05) is 0 Å². The van der Waals surface area contributed by atoms with Crippen molar-refractivity contribution in [3.63, 3.8) is 0 Å². The minimum absolute atomic E-state index is 0.0728. The van der Waals surface area contributed by atoms with Crippen molar-refractivity contribution in [1.29, 1.82) is 5.26 Å². The largest absolute Gasteiger partial charge is 0.444 e. The van der Waals surface area contributed by atoms with Gasteiger partial charge in [0.15, 0.2) is 0 Å². The number of rotatable bonds is 3. The highest BCUT2D eigenvalue weighted by Crippen LogP contribution is 2.41. The molecule has 2 aliphatic rings. The van der Waals surface area contributed by atoms with Gasteiger partial charge in [0, 0.05) is 41.0 Å². The van der Waals surface area contributed by atoms with E-state index in [1.807, 2.05) is 0 Å². The van der Waals surface area contributed by atoms with E-state index in [9.17, 15) is 23.3 Å². The van der Waals surface area contributed by atoms with Gasteiger partial charge in [-0.2, -0.15) is 5.26 Å². The van der Waals surface area contributed by atoms with Gasteiger partial charge in [-0.15, -0.1) is 11.3 Å². The lowest BCUT2D eigenvalue weighted by Gasteiger charge is -2.29. The number of hydrogen-bond acceptors (Lipinski definition) is 7. The molecule has 0 saturated carbocycles. The van der Waals surface area contributed by atoms with Gasteiger partial charge in [0.2, 0.25) is 15.0 Å². The van der Waals surface area contributed by atoms with Gasteiger partial charge in [-0.25, -0.2) is 13.2 Å². The van der Waals surface area contributed by atoms with Crippen LogP contribution in [0.2, 0.25) is 0 Å². The average Bonchev–Trinajstić information content (AvgIpc) is 3.10. The summed E-state index contributed by atoms with van der Waals surface area (Å²) in [6.07, 6.45) is 0.153. The molecule has 8 nitrogen and oxygen atoms in total. The molecule has 1 fully saturated rings. The Morgan fingerprint density at radius 1 is 1.41 bits per heavy atom. The summed E-state index contributed by atoms with van der Waals surface area (Å²) >= 11 is 1.30. The Balaban J connectivity index is 1.83. The van der Waals surface area contributed by atoms with Crippen molar-refractivity contribution >= 4 is 48.1 Å². The van der Waals surface area contributed by atoms with E-state index in [1.165, 1.54) is 16.2 Å². The zero-order chi connectivity index (χ0) is 21.6. The average molecular weight is 460 g/mol. The van der Waals surface area contributed by atoms with Crippen LogP contribution in [0.5, 0.6) is 0 Å². The molecule has 158 valence electrons. The van der Waals surface area contributed by atoms with Crippen LogP contribution in [0, 0.1) is 17.2 Å². The summed E-state index contributed by atoms with van der Waals surface area (Å²) in [4.78, 5) is 28.8. The van der Waals surface area contributed by atoms with Gasteiger partial charge >= 0.3 is 6.09 Å². The molecule has 1 atom stereocenters. The molecule has 1 unspecified atom stereocenters. The van der Waals surface area contributed by atoms with Crippen LogP contribution >= 0.6 is 22.0 Å². The van der Waals surface area contributed by atoms with Crippen LogP contribution in [-0.4, -0.2) is 49.8 Å². The highest BCUT2D eigenvalue weighted by atomic mass is 35.7. The Labute approximate surface area is 178 Å². The Morgan fingerprint density at radius 2 is 2.10 bits per heavy atom. The van der Waals surface area contributed by atoms with Crippen LogP contribution in [0.25, 0.3) is 0 Å². The molecule has 1 aromatic rings. The van der Waals surface area contributed by atoms with Gasteiger partial charge in [-0.3, -0.25) is 4.79 Å². The first-order valence-electron chi connectivity index (χ1n) is 9.13. The normalized spacial score (nSPS) is 19.8. The molecule has 0 aromatic carbocycles. The molecule has 0 spiro atoms. The molecule has 2 amide bonds. The van der Waals surface area contributed by atoms with E-state index < -0.39 is 26.7 Å². The number of nitrogens with zero attached hydrogens (tertiary/aromatic N) is 3. The second-order valence-corrected chi connectivity index (χ2v) is 12.1. The topological polar surface area (TPSA) is 108 Å². The minimum atomic E-state index is -3.71. The quantitative estimate of drug-likeness (QED) is 0.643. The summed E-state index contributed by atoms with van der Waals surface area (Å²) in [5.74, 6) is -0.917. The Kier molecular flexibility index (Phi) is 5.87. The number of hydrogen-bond donors (Lipinski definition) is 0. The van der Waals surface area contributed by atoms with Crippen LogP contribution in [0.4, 0.5) is 9.80 Å². The molecule has 0 N–H and O–H groups in total. The van der Waals surface area contributed by atoms with Crippen LogP contribution in [-0.2, 0) is 31.5 Å². The number of fused-ring (bicyclic) bond motifs is 1. The lowest BCUT2D eigenvalue weighted by Crippen LogP contribution is -2.39. The number of carbonyl (C=O) groups is 2. The number of halogens is 1. The zero-order valence-corrected chi connectivity index (χ0v) is 18.8. The van der Waals surface area contributed by atoms with Crippen molar-refractivity contribution in [3.8, 4) is 6.07 Å². The molecule has 3 heterocycles. The predicted molar refractivity (Wildman–Crippen MR) is 109 cm³/mol. The Morgan fingerprint density at radius 3 is 2.69 bits per heavy atom. The van der Waals surface area contributed by atoms with Gasteiger partial charge in [0.25, 0.3) is 0 Å². The van der Waals surface area contributed by atoms with E-state index in [-0.39, 0.29) is 24.6 Å². The molecule has 0 bridgehead atoms. The van der Waals surface area contributed by atoms with E-state index in [4.69, 9.17) is 15.4 Å². The maximum atomic E-state index is 12.5. The second-order valence-electron chi connectivity index (χ2n) is 8.23. The van der Waals surface area contributed by atoms with Crippen LogP contribution in [0.1, 0.15) is 43.2 Å². The maximum Gasteiger partial charge on any atom is 0.410 e. The monoisotopic (exact) mass is 459 g/mol. The van der Waals surface area contributed by atoms with Crippen LogP contribution in [0.15, 0.2) is 0 Å². The number of ether oxygens (including phenoxy) is 1. The predicted octanol–water partition coefficient (Wildman–Crippen LogP) is 2.83. The summed E-state index contributed by atoms with van der Waals surface area (Å²) in [7, 11) is 1.62. The zero-order valence-electron chi connectivity index (χ0n) is 16.4. The first-order valence-corrected chi connectivity index (χ1v) is 12.4. The highest BCUT2D eigenvalue weighted by molar-refractivity contribution is 8.13. The van der Waals surface area contributed by atoms with E-state index >= 15 is 0 Å². The van der Waals surface area contributed by atoms with Crippen LogP contribution < -0.4 is 4.90 Å². The third kappa shape index (κ3) is 5.02.